The van der Waals surface area contributed by atoms with Crippen molar-refractivity contribution >= 4 is 22.5 Å². The molecule has 1 heteroatoms. The van der Waals surface area contributed by atoms with Crippen LogP contribution in [0.1, 0.15) is 39.8 Å². The number of fused-ring (bicyclic) bond motifs is 3. The van der Waals surface area contributed by atoms with Crippen molar-refractivity contribution in [2.75, 3.05) is 4.90 Å². The summed E-state index contributed by atoms with van der Waals surface area (Å²) in [5.41, 5.74) is 20.9. The molecule has 0 saturated carbocycles. The van der Waals surface area contributed by atoms with Crippen LogP contribution >= 0.6 is 0 Å². The Labute approximate surface area is 351 Å². The van der Waals surface area contributed by atoms with Crippen LogP contribution in [0.4, 0.5) is 11.4 Å². The molecule has 288 valence electrons. The average molecular weight is 762 g/mol. The lowest BCUT2D eigenvalue weighted by Crippen LogP contribution is -2.27. The summed E-state index contributed by atoms with van der Waals surface area (Å²) in [5.74, 6) is 0. The molecular weight excluding hydrogens is 711 g/mol. The average Bonchev–Trinajstić information content (AvgIpc) is 3.62. The molecule has 0 saturated heterocycles. The molecule has 0 bridgehead atoms. The highest BCUT2D eigenvalue weighted by molar-refractivity contribution is 5.98. The Balaban J connectivity index is 0.000000132. The Bertz CT molecular complexity index is 2670. The maximum absolute atomic E-state index is 2.51. The summed E-state index contributed by atoms with van der Waals surface area (Å²) in [6.45, 7) is 8.52. The van der Waals surface area contributed by atoms with Crippen molar-refractivity contribution in [1.82, 2.24) is 0 Å². The third kappa shape index (κ3) is 9.27. The number of anilines is 2. The van der Waals surface area contributed by atoms with Crippen LogP contribution in [0, 0.1) is 27.7 Å². The normalized spacial score (nSPS) is 13.7. The first-order valence-electron chi connectivity index (χ1n) is 20.7. The van der Waals surface area contributed by atoms with Crippen molar-refractivity contribution in [3.63, 3.8) is 0 Å². The first-order valence-corrected chi connectivity index (χ1v) is 20.7. The molecule has 0 N–H and O–H groups in total. The SMILES string of the molecule is Cc1ccc(-c2ccc(-c3ccccc3)cc2)cc1.Cc1ccc(-c2ccccc2)cc1.Cc1ccc(C2=CCC3C(=C2)c2ccccc2N3c2cccc(C)c2)cc1. The number of nitrogens with zero attached hydrogens (tertiary/aromatic N) is 1. The van der Waals surface area contributed by atoms with Gasteiger partial charge in [-0.05, 0) is 114 Å². The Morgan fingerprint density at radius 3 is 1.29 bits per heavy atom. The molecule has 1 nitrogen and oxygen atoms in total. The van der Waals surface area contributed by atoms with Gasteiger partial charge in [-0.25, -0.2) is 0 Å². The lowest BCUT2D eigenvalue weighted by Gasteiger charge is -2.29. The van der Waals surface area contributed by atoms with Crippen molar-refractivity contribution in [1.29, 1.82) is 0 Å². The second kappa shape index (κ2) is 18.1. The number of aryl methyl sites for hydroxylation is 4. The summed E-state index contributed by atoms with van der Waals surface area (Å²) < 4.78 is 0. The van der Waals surface area contributed by atoms with E-state index >= 15 is 0 Å². The first-order chi connectivity index (χ1) is 28.9. The Morgan fingerprint density at radius 2 is 0.797 bits per heavy atom. The van der Waals surface area contributed by atoms with Crippen LogP contribution in [-0.2, 0) is 0 Å². The van der Waals surface area contributed by atoms with E-state index in [0.29, 0.717) is 6.04 Å². The largest absolute Gasteiger partial charge is 0.333 e. The Kier molecular flexibility index (Phi) is 11.9. The Hall–Kier alpha value is -6.96. The van der Waals surface area contributed by atoms with Gasteiger partial charge >= 0.3 is 0 Å². The second-order valence-electron chi connectivity index (χ2n) is 15.6. The minimum absolute atomic E-state index is 0.374. The molecule has 1 heterocycles. The lowest BCUT2D eigenvalue weighted by atomic mass is 9.89. The summed E-state index contributed by atoms with van der Waals surface area (Å²) in [4.78, 5) is 2.51. The molecule has 10 rings (SSSR count). The van der Waals surface area contributed by atoms with Gasteiger partial charge in [0.2, 0.25) is 0 Å². The number of hydrogen-bond donors (Lipinski definition) is 0. The van der Waals surface area contributed by atoms with E-state index < -0.39 is 0 Å². The molecule has 0 spiro atoms. The minimum Gasteiger partial charge on any atom is -0.333 e. The molecule has 0 fully saturated rings. The van der Waals surface area contributed by atoms with Crippen molar-refractivity contribution in [3.8, 4) is 33.4 Å². The van der Waals surface area contributed by atoms with Crippen LogP contribution in [0.15, 0.2) is 218 Å². The molecule has 2 aliphatic rings. The van der Waals surface area contributed by atoms with E-state index in [9.17, 15) is 0 Å². The lowest BCUT2D eigenvalue weighted by molar-refractivity contribution is 0.831. The van der Waals surface area contributed by atoms with Gasteiger partial charge in [0, 0.05) is 16.9 Å². The standard InChI is InChI=1S/C26H23N.C19H16.C13H12/c1-18-10-12-20(13-11-18)21-14-15-26-24(17-21)23-8-3-4-9-25(23)27(26)22-7-5-6-19(2)16-22;1-15-7-9-17(10-8-15)19-13-11-18(12-14-19)16-5-3-2-4-6-16;1-11-7-9-13(10-8-11)12-5-3-2-4-6-12/h3-14,16-17,26H,15H2,1-2H3;2-14H,1H3;2-10H,1H3. The first kappa shape index (κ1) is 38.9. The summed E-state index contributed by atoms with van der Waals surface area (Å²) in [6.07, 6.45) is 5.82. The maximum Gasteiger partial charge on any atom is 0.0633 e. The van der Waals surface area contributed by atoms with Gasteiger partial charge in [0.1, 0.15) is 0 Å². The number of para-hydroxylation sites is 1. The van der Waals surface area contributed by atoms with E-state index in [4.69, 9.17) is 0 Å². The zero-order chi connectivity index (χ0) is 40.6. The quantitative estimate of drug-likeness (QED) is 0.169. The molecule has 1 atom stereocenters. The molecule has 1 unspecified atom stereocenters. The molecule has 0 radical (unpaired) electrons. The molecule has 0 amide bonds. The molecule has 1 aliphatic carbocycles. The van der Waals surface area contributed by atoms with Crippen LogP contribution in [0.25, 0.3) is 44.5 Å². The zero-order valence-electron chi connectivity index (χ0n) is 34.5. The fourth-order valence-electron chi connectivity index (χ4n) is 7.94. The van der Waals surface area contributed by atoms with Gasteiger partial charge in [0.05, 0.1) is 6.04 Å². The predicted octanol–water partition coefficient (Wildman–Crippen LogP) is 15.7. The molecule has 0 aromatic heterocycles. The molecule has 8 aromatic rings. The van der Waals surface area contributed by atoms with E-state index in [1.165, 1.54) is 89.3 Å². The third-order valence-electron chi connectivity index (χ3n) is 11.2. The van der Waals surface area contributed by atoms with Crippen LogP contribution in [0.3, 0.4) is 0 Å². The molecular formula is C58H51N. The maximum atomic E-state index is 2.51. The van der Waals surface area contributed by atoms with E-state index in [2.05, 4.69) is 239 Å². The van der Waals surface area contributed by atoms with E-state index in [-0.39, 0.29) is 0 Å². The van der Waals surface area contributed by atoms with Crippen LogP contribution < -0.4 is 4.90 Å². The fourth-order valence-corrected chi connectivity index (χ4v) is 7.94. The number of hydrogen-bond acceptors (Lipinski definition) is 1. The van der Waals surface area contributed by atoms with Gasteiger partial charge in [-0.15, -0.1) is 0 Å². The van der Waals surface area contributed by atoms with Crippen molar-refractivity contribution in [3.05, 3.63) is 252 Å². The second-order valence-corrected chi connectivity index (χ2v) is 15.6. The minimum atomic E-state index is 0.374. The van der Waals surface area contributed by atoms with Gasteiger partial charge < -0.3 is 4.90 Å². The van der Waals surface area contributed by atoms with E-state index in [1.807, 2.05) is 12.1 Å². The van der Waals surface area contributed by atoms with Gasteiger partial charge in [-0.3, -0.25) is 0 Å². The molecule has 8 aromatic carbocycles. The Morgan fingerprint density at radius 1 is 0.373 bits per heavy atom. The molecule has 59 heavy (non-hydrogen) atoms. The predicted molar refractivity (Wildman–Crippen MR) is 254 cm³/mol. The summed E-state index contributed by atoms with van der Waals surface area (Å²) in [6, 6.07) is 73.8. The fraction of sp³-hybridized carbons (Fsp3) is 0.103. The molecule has 1 aliphatic heterocycles. The van der Waals surface area contributed by atoms with Gasteiger partial charge in [0.25, 0.3) is 0 Å². The van der Waals surface area contributed by atoms with Gasteiger partial charge in [-0.1, -0.05) is 211 Å². The highest BCUT2D eigenvalue weighted by Gasteiger charge is 2.35. The number of rotatable bonds is 5. The highest BCUT2D eigenvalue weighted by Crippen LogP contribution is 2.49. The van der Waals surface area contributed by atoms with Crippen LogP contribution in [-0.4, -0.2) is 6.04 Å². The smallest absolute Gasteiger partial charge is 0.0633 e. The monoisotopic (exact) mass is 761 g/mol. The van der Waals surface area contributed by atoms with E-state index in [0.717, 1.165) is 6.42 Å². The van der Waals surface area contributed by atoms with Crippen LogP contribution in [0.2, 0.25) is 0 Å². The van der Waals surface area contributed by atoms with Crippen molar-refractivity contribution in [2.24, 2.45) is 0 Å². The topological polar surface area (TPSA) is 3.24 Å². The highest BCUT2D eigenvalue weighted by atomic mass is 15.2. The van der Waals surface area contributed by atoms with Gasteiger partial charge in [0.15, 0.2) is 0 Å². The van der Waals surface area contributed by atoms with Crippen molar-refractivity contribution in [2.45, 2.75) is 40.2 Å². The zero-order valence-corrected chi connectivity index (χ0v) is 34.5. The summed E-state index contributed by atoms with van der Waals surface area (Å²) >= 11 is 0. The summed E-state index contributed by atoms with van der Waals surface area (Å²) in [5, 5.41) is 0. The van der Waals surface area contributed by atoms with Crippen molar-refractivity contribution < 1.29 is 0 Å². The van der Waals surface area contributed by atoms with Gasteiger partial charge in [-0.2, -0.15) is 0 Å². The number of allylic oxidation sites excluding steroid dienone is 2. The van der Waals surface area contributed by atoms with E-state index in [1.54, 1.807) is 0 Å². The third-order valence-corrected chi connectivity index (χ3v) is 11.2. The van der Waals surface area contributed by atoms with Crippen LogP contribution in [0.5, 0.6) is 0 Å². The number of benzene rings is 8. The summed E-state index contributed by atoms with van der Waals surface area (Å²) in [7, 11) is 0.